The zero-order chi connectivity index (χ0) is 10.9. The van der Waals surface area contributed by atoms with E-state index in [2.05, 4.69) is 11.8 Å². The first-order valence-electron chi connectivity index (χ1n) is 6.18. The Kier molecular flexibility index (Phi) is 3.33. The molecular weight excluding hydrogens is 188 g/mol. The number of methoxy groups -OCH3 is 1. The van der Waals surface area contributed by atoms with Crippen molar-refractivity contribution < 1.29 is 4.74 Å². The number of likely N-dealkylation sites (tertiary alicyclic amines) is 1. The van der Waals surface area contributed by atoms with E-state index in [0.717, 1.165) is 26.1 Å². The van der Waals surface area contributed by atoms with Gasteiger partial charge in [-0.15, -0.1) is 0 Å². The SMILES string of the molecule is COC1(CN2CCC(N)C(C)C2)CCC1. The summed E-state index contributed by atoms with van der Waals surface area (Å²) in [5.74, 6) is 0.632. The standard InChI is InChI=1S/C12H24N2O/c1-10-8-14(7-4-11(10)13)9-12(15-2)5-3-6-12/h10-11H,3-9,13H2,1-2H3. The molecule has 0 spiro atoms. The van der Waals surface area contributed by atoms with Crippen LogP contribution in [0.5, 0.6) is 0 Å². The molecule has 0 aromatic rings. The van der Waals surface area contributed by atoms with Gasteiger partial charge in [0.25, 0.3) is 0 Å². The van der Waals surface area contributed by atoms with Crippen molar-refractivity contribution >= 4 is 0 Å². The number of hydrogen-bond acceptors (Lipinski definition) is 3. The maximum absolute atomic E-state index is 6.03. The minimum absolute atomic E-state index is 0.182. The summed E-state index contributed by atoms with van der Waals surface area (Å²) < 4.78 is 5.67. The third-order valence-corrected chi connectivity index (χ3v) is 4.27. The predicted octanol–water partition coefficient (Wildman–Crippen LogP) is 1.22. The lowest BCUT2D eigenvalue weighted by Crippen LogP contribution is -2.54. The van der Waals surface area contributed by atoms with Gasteiger partial charge < -0.3 is 15.4 Å². The molecule has 0 aromatic heterocycles. The zero-order valence-electron chi connectivity index (χ0n) is 10.0. The van der Waals surface area contributed by atoms with Gasteiger partial charge >= 0.3 is 0 Å². The van der Waals surface area contributed by atoms with Gasteiger partial charge in [-0.05, 0) is 38.1 Å². The van der Waals surface area contributed by atoms with Crippen molar-refractivity contribution in [2.75, 3.05) is 26.7 Å². The van der Waals surface area contributed by atoms with Crippen LogP contribution >= 0.6 is 0 Å². The molecule has 2 fully saturated rings. The first-order valence-corrected chi connectivity index (χ1v) is 6.18. The Morgan fingerprint density at radius 2 is 2.20 bits per heavy atom. The van der Waals surface area contributed by atoms with Crippen LogP contribution in [0.25, 0.3) is 0 Å². The number of ether oxygens (including phenoxy) is 1. The van der Waals surface area contributed by atoms with Crippen molar-refractivity contribution in [1.29, 1.82) is 0 Å². The molecule has 1 heterocycles. The monoisotopic (exact) mass is 212 g/mol. The molecule has 3 heteroatoms. The van der Waals surface area contributed by atoms with Gasteiger partial charge in [-0.2, -0.15) is 0 Å². The third-order valence-electron chi connectivity index (χ3n) is 4.27. The lowest BCUT2D eigenvalue weighted by atomic mass is 9.79. The molecule has 2 aliphatic rings. The van der Waals surface area contributed by atoms with Crippen molar-refractivity contribution in [2.24, 2.45) is 11.7 Å². The van der Waals surface area contributed by atoms with Crippen LogP contribution in [-0.2, 0) is 4.74 Å². The van der Waals surface area contributed by atoms with Gasteiger partial charge in [0.05, 0.1) is 5.60 Å². The van der Waals surface area contributed by atoms with Gasteiger partial charge in [-0.3, -0.25) is 0 Å². The normalized spacial score (nSPS) is 36.2. The summed E-state index contributed by atoms with van der Waals surface area (Å²) in [7, 11) is 1.86. The Balaban J connectivity index is 1.84. The Labute approximate surface area is 93.0 Å². The minimum atomic E-state index is 0.182. The highest BCUT2D eigenvalue weighted by atomic mass is 16.5. The van der Waals surface area contributed by atoms with E-state index in [1.165, 1.54) is 19.3 Å². The molecule has 2 rings (SSSR count). The Morgan fingerprint density at radius 1 is 1.47 bits per heavy atom. The summed E-state index contributed by atoms with van der Waals surface area (Å²) in [6, 6.07) is 0.404. The fourth-order valence-corrected chi connectivity index (χ4v) is 2.80. The highest BCUT2D eigenvalue weighted by Crippen LogP contribution is 2.36. The second-order valence-corrected chi connectivity index (χ2v) is 5.41. The van der Waals surface area contributed by atoms with Crippen LogP contribution in [0, 0.1) is 5.92 Å². The van der Waals surface area contributed by atoms with Crippen LogP contribution in [0.1, 0.15) is 32.6 Å². The van der Waals surface area contributed by atoms with E-state index in [4.69, 9.17) is 10.5 Å². The van der Waals surface area contributed by atoms with Gasteiger partial charge in [0.1, 0.15) is 0 Å². The average molecular weight is 212 g/mol. The second-order valence-electron chi connectivity index (χ2n) is 5.41. The molecule has 1 saturated carbocycles. The summed E-state index contributed by atoms with van der Waals surface area (Å²) in [5, 5.41) is 0. The summed E-state index contributed by atoms with van der Waals surface area (Å²) in [6.07, 6.45) is 4.94. The Morgan fingerprint density at radius 3 is 2.67 bits per heavy atom. The lowest BCUT2D eigenvalue weighted by molar-refractivity contribution is -0.0961. The Bertz CT molecular complexity index is 210. The van der Waals surface area contributed by atoms with E-state index in [1.54, 1.807) is 0 Å². The summed E-state index contributed by atoms with van der Waals surface area (Å²) >= 11 is 0. The number of rotatable bonds is 3. The summed E-state index contributed by atoms with van der Waals surface area (Å²) in [6.45, 7) is 5.67. The van der Waals surface area contributed by atoms with Crippen LogP contribution in [-0.4, -0.2) is 43.3 Å². The molecular formula is C12H24N2O. The van der Waals surface area contributed by atoms with Crippen LogP contribution in [0.15, 0.2) is 0 Å². The van der Waals surface area contributed by atoms with Crippen molar-refractivity contribution in [3.63, 3.8) is 0 Å². The molecule has 0 bridgehead atoms. The van der Waals surface area contributed by atoms with Crippen LogP contribution in [0.2, 0.25) is 0 Å². The smallest absolute Gasteiger partial charge is 0.0805 e. The molecule has 2 unspecified atom stereocenters. The molecule has 15 heavy (non-hydrogen) atoms. The molecule has 1 aliphatic heterocycles. The fourth-order valence-electron chi connectivity index (χ4n) is 2.80. The molecule has 0 aromatic carbocycles. The fraction of sp³-hybridized carbons (Fsp3) is 1.00. The van der Waals surface area contributed by atoms with Crippen LogP contribution in [0.3, 0.4) is 0 Å². The van der Waals surface area contributed by atoms with Crippen molar-refractivity contribution in [1.82, 2.24) is 4.90 Å². The molecule has 0 amide bonds. The van der Waals surface area contributed by atoms with Gasteiger partial charge in [0.15, 0.2) is 0 Å². The Hall–Kier alpha value is -0.120. The first kappa shape index (κ1) is 11.4. The second kappa shape index (κ2) is 4.40. The van der Waals surface area contributed by atoms with Crippen molar-refractivity contribution in [2.45, 2.75) is 44.2 Å². The van der Waals surface area contributed by atoms with E-state index in [9.17, 15) is 0 Å². The number of hydrogen-bond donors (Lipinski definition) is 1. The van der Waals surface area contributed by atoms with Gasteiger partial charge in [0, 0.05) is 26.2 Å². The average Bonchev–Trinajstić information content (AvgIpc) is 2.17. The molecule has 2 N–H and O–H groups in total. The maximum Gasteiger partial charge on any atom is 0.0805 e. The number of piperidine rings is 1. The molecule has 0 radical (unpaired) electrons. The highest BCUT2D eigenvalue weighted by Gasteiger charge is 2.39. The van der Waals surface area contributed by atoms with Crippen LogP contribution in [0.4, 0.5) is 0 Å². The van der Waals surface area contributed by atoms with E-state index >= 15 is 0 Å². The van der Waals surface area contributed by atoms with Crippen molar-refractivity contribution in [3.8, 4) is 0 Å². The largest absolute Gasteiger partial charge is 0.377 e. The highest BCUT2D eigenvalue weighted by molar-refractivity contribution is 4.94. The topological polar surface area (TPSA) is 38.5 Å². The number of nitrogens with zero attached hydrogens (tertiary/aromatic N) is 1. The van der Waals surface area contributed by atoms with Crippen LogP contribution < -0.4 is 5.73 Å². The quantitative estimate of drug-likeness (QED) is 0.764. The van der Waals surface area contributed by atoms with Gasteiger partial charge in [0.2, 0.25) is 0 Å². The predicted molar refractivity (Wildman–Crippen MR) is 61.8 cm³/mol. The third kappa shape index (κ3) is 2.35. The molecule has 88 valence electrons. The molecule has 1 saturated heterocycles. The van der Waals surface area contributed by atoms with Crippen molar-refractivity contribution in [3.05, 3.63) is 0 Å². The molecule has 1 aliphatic carbocycles. The number of nitrogens with two attached hydrogens (primary N) is 1. The maximum atomic E-state index is 6.03. The van der Waals surface area contributed by atoms with E-state index in [1.807, 2.05) is 7.11 Å². The molecule has 2 atom stereocenters. The van der Waals surface area contributed by atoms with Gasteiger partial charge in [-0.1, -0.05) is 6.92 Å². The van der Waals surface area contributed by atoms with Gasteiger partial charge in [-0.25, -0.2) is 0 Å². The summed E-state index contributed by atoms with van der Waals surface area (Å²) in [4.78, 5) is 2.54. The van der Waals surface area contributed by atoms with E-state index in [-0.39, 0.29) is 5.60 Å². The van der Waals surface area contributed by atoms with E-state index in [0.29, 0.717) is 12.0 Å². The lowest BCUT2D eigenvalue weighted by Gasteiger charge is -2.46. The zero-order valence-corrected chi connectivity index (χ0v) is 10.0. The summed E-state index contributed by atoms with van der Waals surface area (Å²) in [5.41, 5.74) is 6.21. The molecule has 3 nitrogen and oxygen atoms in total. The van der Waals surface area contributed by atoms with E-state index < -0.39 is 0 Å². The first-order chi connectivity index (χ1) is 7.15. The minimum Gasteiger partial charge on any atom is -0.377 e.